The van der Waals surface area contributed by atoms with Crippen molar-refractivity contribution in [2.45, 2.75) is 46.7 Å². The van der Waals surface area contributed by atoms with Gasteiger partial charge in [-0.25, -0.2) is 8.42 Å². The fourth-order valence-corrected chi connectivity index (χ4v) is 4.34. The number of hydrogen-bond acceptors (Lipinski definition) is 6. The molecule has 0 heterocycles. The molecule has 0 saturated carbocycles. The molecule has 0 aromatic heterocycles. The molecule has 0 aliphatic carbocycles. The summed E-state index contributed by atoms with van der Waals surface area (Å²) in [6, 6.07) is 10.4. The Labute approximate surface area is 206 Å². The maximum atomic E-state index is 13.5. The van der Waals surface area contributed by atoms with Gasteiger partial charge >= 0.3 is 0 Å². The van der Waals surface area contributed by atoms with E-state index in [0.29, 0.717) is 12.1 Å². The zero-order valence-corrected chi connectivity index (χ0v) is 21.5. The van der Waals surface area contributed by atoms with Crippen LogP contribution in [-0.4, -0.2) is 55.4 Å². The van der Waals surface area contributed by atoms with Gasteiger partial charge in [0.2, 0.25) is 21.8 Å². The Morgan fingerprint density at radius 2 is 1.74 bits per heavy atom. The molecule has 2 aromatic carbocycles. The molecule has 2 aromatic rings. The van der Waals surface area contributed by atoms with Gasteiger partial charge in [-0.3, -0.25) is 24.0 Å². The van der Waals surface area contributed by atoms with Crippen molar-refractivity contribution in [3.05, 3.63) is 69.3 Å². The summed E-state index contributed by atoms with van der Waals surface area (Å²) in [4.78, 5) is 38.2. The van der Waals surface area contributed by atoms with Crippen molar-refractivity contribution in [1.29, 1.82) is 0 Å². The molecule has 11 heteroatoms. The van der Waals surface area contributed by atoms with Gasteiger partial charge in [0.25, 0.3) is 5.69 Å². The molecule has 1 atom stereocenters. The lowest BCUT2D eigenvalue weighted by molar-refractivity contribution is -0.384. The largest absolute Gasteiger partial charge is 0.354 e. The van der Waals surface area contributed by atoms with Crippen LogP contribution in [-0.2, 0) is 26.2 Å². The molecule has 0 radical (unpaired) electrons. The molecule has 2 rings (SSSR count). The van der Waals surface area contributed by atoms with Crippen LogP contribution in [0.1, 0.15) is 37.0 Å². The zero-order chi connectivity index (χ0) is 26.3. The summed E-state index contributed by atoms with van der Waals surface area (Å²) in [6.45, 7) is 6.94. The molecular weight excluding hydrogens is 472 g/mol. The van der Waals surface area contributed by atoms with Crippen LogP contribution < -0.4 is 9.62 Å². The van der Waals surface area contributed by atoms with E-state index in [4.69, 9.17) is 0 Å². The summed E-state index contributed by atoms with van der Waals surface area (Å²) in [5.74, 6) is -0.967. The van der Waals surface area contributed by atoms with E-state index >= 15 is 0 Å². The van der Waals surface area contributed by atoms with Crippen LogP contribution in [0.5, 0.6) is 0 Å². The molecule has 0 saturated heterocycles. The predicted octanol–water partition coefficient (Wildman–Crippen LogP) is 2.92. The highest BCUT2D eigenvalue weighted by molar-refractivity contribution is 7.92. The van der Waals surface area contributed by atoms with Crippen LogP contribution in [0.3, 0.4) is 0 Å². The van der Waals surface area contributed by atoms with Crippen LogP contribution in [0.2, 0.25) is 0 Å². The number of hydrogen-bond donors (Lipinski definition) is 1. The first-order chi connectivity index (χ1) is 16.3. The number of nitrogens with one attached hydrogen (secondary N) is 1. The number of benzene rings is 2. The van der Waals surface area contributed by atoms with E-state index in [1.165, 1.54) is 17.0 Å². The first-order valence-corrected chi connectivity index (χ1v) is 13.1. The standard InChI is InChI=1S/C24H32N4O6S/c1-6-13-25-24(30)19(4)26(15-20-10-7-17(2)8-11-20)23(29)16-27(35(5,33)34)22-14-21(28(31)32)12-9-18(22)3/h7-12,14,19H,6,13,15-16H2,1-5H3,(H,25,30). The maximum absolute atomic E-state index is 13.5. The second-order valence-corrected chi connectivity index (χ2v) is 10.4. The molecule has 0 bridgehead atoms. The monoisotopic (exact) mass is 504 g/mol. The Morgan fingerprint density at radius 1 is 1.11 bits per heavy atom. The van der Waals surface area contributed by atoms with E-state index in [9.17, 15) is 28.1 Å². The summed E-state index contributed by atoms with van der Waals surface area (Å²) >= 11 is 0. The van der Waals surface area contributed by atoms with Gasteiger partial charge in [0.05, 0.1) is 16.9 Å². The van der Waals surface area contributed by atoms with E-state index in [-0.39, 0.29) is 23.8 Å². The number of aryl methyl sites for hydroxylation is 2. The number of carbonyl (C=O) groups excluding carboxylic acids is 2. The lowest BCUT2D eigenvalue weighted by atomic mass is 10.1. The molecule has 190 valence electrons. The summed E-state index contributed by atoms with van der Waals surface area (Å²) in [6.07, 6.45) is 1.65. The fraction of sp³-hybridized carbons (Fsp3) is 0.417. The SMILES string of the molecule is CCCNC(=O)C(C)N(Cc1ccc(C)cc1)C(=O)CN(c1cc([N+](=O)[O-])ccc1C)S(C)(=O)=O. The van der Waals surface area contributed by atoms with E-state index < -0.39 is 33.4 Å². The molecule has 35 heavy (non-hydrogen) atoms. The second-order valence-electron chi connectivity index (χ2n) is 8.47. The van der Waals surface area contributed by atoms with Gasteiger partial charge in [0.15, 0.2) is 0 Å². The van der Waals surface area contributed by atoms with Crippen molar-refractivity contribution in [2.75, 3.05) is 23.7 Å². The minimum absolute atomic E-state index is 0.0356. The normalized spacial score (nSPS) is 12.0. The lowest BCUT2D eigenvalue weighted by Crippen LogP contribution is -2.51. The van der Waals surface area contributed by atoms with Crippen LogP contribution in [0.4, 0.5) is 11.4 Å². The number of anilines is 1. The van der Waals surface area contributed by atoms with Crippen LogP contribution in [0.15, 0.2) is 42.5 Å². The number of sulfonamides is 1. The van der Waals surface area contributed by atoms with Gasteiger partial charge < -0.3 is 10.2 Å². The highest BCUT2D eigenvalue weighted by Crippen LogP contribution is 2.28. The minimum atomic E-state index is -3.99. The maximum Gasteiger partial charge on any atom is 0.271 e. The number of rotatable bonds is 11. The quantitative estimate of drug-likeness (QED) is 0.370. The molecule has 0 fully saturated rings. The van der Waals surface area contributed by atoms with Crippen molar-refractivity contribution in [3.63, 3.8) is 0 Å². The number of carbonyl (C=O) groups is 2. The Morgan fingerprint density at radius 3 is 2.29 bits per heavy atom. The summed E-state index contributed by atoms with van der Waals surface area (Å²) in [5.41, 5.74) is 2.00. The topological polar surface area (TPSA) is 130 Å². The van der Waals surface area contributed by atoms with Gasteiger partial charge in [0.1, 0.15) is 12.6 Å². The molecule has 0 aliphatic heterocycles. The molecule has 1 unspecified atom stereocenters. The minimum Gasteiger partial charge on any atom is -0.354 e. The average Bonchev–Trinajstić information content (AvgIpc) is 2.79. The molecule has 0 spiro atoms. The first-order valence-electron chi connectivity index (χ1n) is 11.2. The second kappa shape index (κ2) is 11.8. The number of non-ortho nitro benzene ring substituents is 1. The Hall–Kier alpha value is -3.47. The van der Waals surface area contributed by atoms with Gasteiger partial charge in [-0.1, -0.05) is 42.8 Å². The zero-order valence-electron chi connectivity index (χ0n) is 20.6. The van der Waals surface area contributed by atoms with E-state index in [1.54, 1.807) is 13.8 Å². The molecule has 0 aliphatic rings. The summed E-state index contributed by atoms with van der Waals surface area (Å²) in [5, 5.41) is 14.0. The number of nitro groups is 1. The van der Waals surface area contributed by atoms with Crippen molar-refractivity contribution in [2.24, 2.45) is 0 Å². The predicted molar refractivity (Wildman–Crippen MR) is 135 cm³/mol. The van der Waals surface area contributed by atoms with E-state index in [0.717, 1.165) is 34.2 Å². The van der Waals surface area contributed by atoms with Crippen molar-refractivity contribution in [1.82, 2.24) is 10.2 Å². The third-order valence-corrected chi connectivity index (χ3v) is 6.67. The van der Waals surface area contributed by atoms with Crippen LogP contribution >= 0.6 is 0 Å². The first kappa shape index (κ1) is 27.8. The molecule has 2 amide bonds. The molecule has 1 N–H and O–H groups in total. The van der Waals surface area contributed by atoms with Crippen molar-refractivity contribution in [3.8, 4) is 0 Å². The number of nitro benzene ring substituents is 1. The summed E-state index contributed by atoms with van der Waals surface area (Å²) < 4.78 is 26.2. The van der Waals surface area contributed by atoms with Gasteiger partial charge in [-0.05, 0) is 38.3 Å². The summed E-state index contributed by atoms with van der Waals surface area (Å²) in [7, 11) is -3.99. The highest BCUT2D eigenvalue weighted by atomic mass is 32.2. The fourth-order valence-electron chi connectivity index (χ4n) is 3.44. The van der Waals surface area contributed by atoms with Gasteiger partial charge in [-0.15, -0.1) is 0 Å². The lowest BCUT2D eigenvalue weighted by Gasteiger charge is -2.31. The van der Waals surface area contributed by atoms with Crippen LogP contribution in [0, 0.1) is 24.0 Å². The van der Waals surface area contributed by atoms with Crippen LogP contribution in [0.25, 0.3) is 0 Å². The third kappa shape index (κ3) is 7.51. The van der Waals surface area contributed by atoms with E-state index in [1.807, 2.05) is 38.1 Å². The highest BCUT2D eigenvalue weighted by Gasteiger charge is 2.31. The number of nitrogens with zero attached hydrogens (tertiary/aromatic N) is 3. The number of amides is 2. The average molecular weight is 505 g/mol. The van der Waals surface area contributed by atoms with E-state index in [2.05, 4.69) is 5.32 Å². The Bertz CT molecular complexity index is 1180. The molecular formula is C24H32N4O6S. The Kier molecular flexibility index (Phi) is 9.35. The third-order valence-electron chi connectivity index (χ3n) is 5.54. The van der Waals surface area contributed by atoms with Gasteiger partial charge in [-0.2, -0.15) is 0 Å². The molecule has 10 nitrogen and oxygen atoms in total. The van der Waals surface area contributed by atoms with Crippen molar-refractivity contribution < 1.29 is 22.9 Å². The Balaban J connectivity index is 2.45. The van der Waals surface area contributed by atoms with Gasteiger partial charge in [0, 0.05) is 25.2 Å². The smallest absolute Gasteiger partial charge is 0.271 e. The van der Waals surface area contributed by atoms with Crippen molar-refractivity contribution >= 4 is 33.2 Å².